The molecule has 1 N–H and O–H groups in total. The number of amides is 3. The van der Waals surface area contributed by atoms with Crippen LogP contribution in [0.4, 0.5) is 5.69 Å². The topological polar surface area (TPSA) is 92.3 Å². The van der Waals surface area contributed by atoms with Crippen molar-refractivity contribution in [2.45, 2.75) is 0 Å². The lowest BCUT2D eigenvalue weighted by Gasteiger charge is -2.13. The molecular weight excluding hydrogens is 272 g/mol. The third-order valence-corrected chi connectivity index (χ3v) is 3.12. The first-order chi connectivity index (χ1) is 10.1. The predicted octanol–water partition coefficient (Wildman–Crippen LogP) is 0.637. The summed E-state index contributed by atoms with van der Waals surface area (Å²) in [5, 5.41) is 2.50. The summed E-state index contributed by atoms with van der Waals surface area (Å²) in [5.74, 6) is -1.28. The molecule has 1 aromatic heterocycles. The van der Waals surface area contributed by atoms with Crippen LogP contribution in [0.15, 0.2) is 36.7 Å². The number of anilines is 1. The van der Waals surface area contributed by atoms with E-state index in [1.54, 1.807) is 12.1 Å². The zero-order valence-electron chi connectivity index (χ0n) is 11.0. The Balaban J connectivity index is 1.97. The van der Waals surface area contributed by atoms with Crippen molar-refractivity contribution < 1.29 is 14.4 Å². The van der Waals surface area contributed by atoms with E-state index in [4.69, 9.17) is 0 Å². The molecule has 3 rings (SSSR count). The van der Waals surface area contributed by atoms with Gasteiger partial charge in [0.05, 0.1) is 5.69 Å². The van der Waals surface area contributed by atoms with Crippen molar-refractivity contribution in [3.05, 3.63) is 53.6 Å². The second kappa shape index (κ2) is 4.78. The van der Waals surface area contributed by atoms with Gasteiger partial charge in [-0.25, -0.2) is 14.9 Å². The number of hydrogen-bond acceptors (Lipinski definition) is 5. The van der Waals surface area contributed by atoms with E-state index in [0.717, 1.165) is 4.90 Å². The Hall–Kier alpha value is -3.09. The van der Waals surface area contributed by atoms with Gasteiger partial charge in [0.2, 0.25) is 0 Å². The summed E-state index contributed by atoms with van der Waals surface area (Å²) < 4.78 is 0. The third kappa shape index (κ3) is 1.95. The lowest BCUT2D eigenvalue weighted by atomic mass is 10.2. The van der Waals surface area contributed by atoms with Gasteiger partial charge in [0.25, 0.3) is 17.7 Å². The van der Waals surface area contributed by atoms with Gasteiger partial charge in [-0.3, -0.25) is 14.4 Å². The van der Waals surface area contributed by atoms with Crippen LogP contribution in [0.25, 0.3) is 0 Å². The zero-order valence-corrected chi connectivity index (χ0v) is 11.0. The number of nitrogens with one attached hydrogen (secondary N) is 1. The molecule has 2 aromatic rings. The number of rotatable bonds is 2. The molecule has 0 radical (unpaired) electrons. The second-order valence-electron chi connectivity index (χ2n) is 4.33. The molecule has 1 aromatic carbocycles. The third-order valence-electron chi connectivity index (χ3n) is 3.12. The quantitative estimate of drug-likeness (QED) is 0.816. The van der Waals surface area contributed by atoms with Gasteiger partial charge >= 0.3 is 0 Å². The molecule has 7 nitrogen and oxygen atoms in total. The molecule has 0 bridgehead atoms. The van der Waals surface area contributed by atoms with Crippen molar-refractivity contribution in [1.29, 1.82) is 0 Å². The average Bonchev–Trinajstić information content (AvgIpc) is 2.79. The minimum atomic E-state index is -0.518. The molecule has 0 aliphatic carbocycles. The van der Waals surface area contributed by atoms with Crippen LogP contribution in [0.2, 0.25) is 0 Å². The molecule has 0 atom stereocenters. The number of benzene rings is 1. The molecular formula is C14H10N4O3. The Labute approximate surface area is 119 Å². The van der Waals surface area contributed by atoms with Gasteiger partial charge in [-0.05, 0) is 24.3 Å². The first kappa shape index (κ1) is 12.9. The highest BCUT2D eigenvalue weighted by molar-refractivity contribution is 6.33. The van der Waals surface area contributed by atoms with Gasteiger partial charge in [0.1, 0.15) is 0 Å². The summed E-state index contributed by atoms with van der Waals surface area (Å²) in [6, 6.07) is 6.15. The minimum absolute atomic E-state index is 0.0397. The largest absolute Gasteiger partial charge is 0.355 e. The molecule has 3 amide bonds. The summed E-state index contributed by atoms with van der Waals surface area (Å²) in [4.78, 5) is 44.7. The summed E-state index contributed by atoms with van der Waals surface area (Å²) in [5.41, 5.74) is 0.891. The van der Waals surface area contributed by atoms with Crippen molar-refractivity contribution in [2.24, 2.45) is 0 Å². The van der Waals surface area contributed by atoms with Crippen LogP contribution in [0.3, 0.4) is 0 Å². The maximum absolute atomic E-state index is 12.2. The fourth-order valence-corrected chi connectivity index (χ4v) is 2.10. The lowest BCUT2D eigenvalue weighted by molar-refractivity contribution is 0.0921. The highest BCUT2D eigenvalue weighted by Crippen LogP contribution is 2.25. The second-order valence-corrected chi connectivity index (χ2v) is 4.33. The molecule has 21 heavy (non-hydrogen) atoms. The van der Waals surface area contributed by atoms with E-state index >= 15 is 0 Å². The van der Waals surface area contributed by atoms with E-state index in [0.29, 0.717) is 11.3 Å². The van der Waals surface area contributed by atoms with E-state index in [1.165, 1.54) is 31.6 Å². The number of carbonyl (C=O) groups is 3. The van der Waals surface area contributed by atoms with Crippen LogP contribution < -0.4 is 10.2 Å². The Bertz CT molecular complexity index is 720. The summed E-state index contributed by atoms with van der Waals surface area (Å²) in [6.07, 6.45) is 2.73. The Morgan fingerprint density at radius 2 is 1.52 bits per heavy atom. The number of aromatic nitrogens is 2. The van der Waals surface area contributed by atoms with Crippen LogP contribution >= 0.6 is 0 Å². The van der Waals surface area contributed by atoms with E-state index in [9.17, 15) is 14.4 Å². The molecule has 0 unspecified atom stereocenters. The molecule has 7 heteroatoms. The fraction of sp³-hybridized carbons (Fsp3) is 0.0714. The number of nitrogens with zero attached hydrogens (tertiary/aromatic N) is 3. The molecule has 2 heterocycles. The van der Waals surface area contributed by atoms with E-state index in [1.807, 2.05) is 0 Å². The molecule has 0 fully saturated rings. The fourth-order valence-electron chi connectivity index (χ4n) is 2.10. The maximum atomic E-state index is 12.2. The molecule has 0 saturated heterocycles. The van der Waals surface area contributed by atoms with Crippen LogP contribution in [0.1, 0.15) is 31.3 Å². The first-order valence-electron chi connectivity index (χ1n) is 6.15. The van der Waals surface area contributed by atoms with Crippen LogP contribution in [0, 0.1) is 0 Å². The molecule has 104 valence electrons. The number of imide groups is 1. The molecule has 1 aliphatic heterocycles. The van der Waals surface area contributed by atoms with Crippen molar-refractivity contribution in [2.75, 3.05) is 11.9 Å². The zero-order chi connectivity index (χ0) is 15.0. The number of carbonyl (C=O) groups excluding carboxylic acids is 3. The summed E-state index contributed by atoms with van der Waals surface area (Å²) >= 11 is 0. The van der Waals surface area contributed by atoms with Crippen LogP contribution in [-0.2, 0) is 0 Å². The van der Waals surface area contributed by atoms with Crippen LogP contribution in [0.5, 0.6) is 0 Å². The van der Waals surface area contributed by atoms with E-state index < -0.39 is 11.8 Å². The van der Waals surface area contributed by atoms with Gasteiger partial charge in [-0.2, -0.15) is 0 Å². The van der Waals surface area contributed by atoms with E-state index in [-0.39, 0.29) is 17.3 Å². The summed E-state index contributed by atoms with van der Waals surface area (Å²) in [7, 11) is 1.53. The normalized spacial score (nSPS) is 13.3. The highest BCUT2D eigenvalue weighted by Gasteiger charge is 2.39. The van der Waals surface area contributed by atoms with Gasteiger partial charge < -0.3 is 5.32 Å². The minimum Gasteiger partial charge on any atom is -0.355 e. The smallest absolute Gasteiger partial charge is 0.286 e. The van der Waals surface area contributed by atoms with Crippen molar-refractivity contribution in [1.82, 2.24) is 15.3 Å². The highest BCUT2D eigenvalue weighted by atomic mass is 16.2. The standard InChI is InChI=1S/C14H10N4O3/c1-15-12(19)8-2-4-9(5-3-8)18-13(20)10-11(14(18)21)17-7-6-16-10/h2-7H,1H3,(H,15,19). The van der Waals surface area contributed by atoms with Crippen molar-refractivity contribution >= 4 is 23.4 Å². The Morgan fingerprint density at radius 1 is 1.00 bits per heavy atom. The molecule has 0 spiro atoms. The van der Waals surface area contributed by atoms with Crippen molar-refractivity contribution in [3.8, 4) is 0 Å². The Kier molecular flexibility index (Phi) is 2.94. The number of hydrogen-bond donors (Lipinski definition) is 1. The van der Waals surface area contributed by atoms with Crippen LogP contribution in [-0.4, -0.2) is 34.7 Å². The van der Waals surface area contributed by atoms with Gasteiger partial charge in [0, 0.05) is 25.0 Å². The van der Waals surface area contributed by atoms with Gasteiger partial charge in [-0.15, -0.1) is 0 Å². The monoisotopic (exact) mass is 282 g/mol. The summed E-state index contributed by atoms with van der Waals surface area (Å²) in [6.45, 7) is 0. The molecule has 1 aliphatic rings. The number of fused-ring (bicyclic) bond motifs is 1. The first-order valence-corrected chi connectivity index (χ1v) is 6.15. The van der Waals surface area contributed by atoms with Gasteiger partial charge in [0.15, 0.2) is 11.4 Å². The molecule has 0 saturated carbocycles. The predicted molar refractivity (Wildman–Crippen MR) is 73.0 cm³/mol. The average molecular weight is 282 g/mol. The maximum Gasteiger partial charge on any atom is 0.286 e. The van der Waals surface area contributed by atoms with Gasteiger partial charge in [-0.1, -0.05) is 0 Å². The van der Waals surface area contributed by atoms with E-state index in [2.05, 4.69) is 15.3 Å². The Morgan fingerprint density at radius 3 is 2.00 bits per heavy atom. The lowest BCUT2D eigenvalue weighted by Crippen LogP contribution is -2.29. The van der Waals surface area contributed by atoms with Crippen molar-refractivity contribution in [3.63, 3.8) is 0 Å². The SMILES string of the molecule is CNC(=O)c1ccc(N2C(=O)c3nccnc3C2=O)cc1.